The highest BCUT2D eigenvalue weighted by Crippen LogP contribution is 2.31. The largest absolute Gasteiger partial charge is 0.497 e. The van der Waals surface area contributed by atoms with Gasteiger partial charge < -0.3 is 24.8 Å². The molecule has 1 aliphatic rings. The van der Waals surface area contributed by atoms with Crippen LogP contribution in [-0.2, 0) is 9.53 Å². The molecule has 1 aromatic rings. The molecule has 1 fully saturated rings. The molecular weight excluding hydrogens is 296 g/mol. The van der Waals surface area contributed by atoms with Crippen molar-refractivity contribution in [2.75, 3.05) is 47.1 Å². The lowest BCUT2D eigenvalue weighted by Gasteiger charge is -2.37. The fourth-order valence-electron chi connectivity index (χ4n) is 2.75. The second-order valence-electron chi connectivity index (χ2n) is 5.85. The lowest BCUT2D eigenvalue weighted by atomic mass is 9.79. The summed E-state index contributed by atoms with van der Waals surface area (Å²) < 4.78 is 16.1. The zero-order valence-corrected chi connectivity index (χ0v) is 13.9. The van der Waals surface area contributed by atoms with Crippen molar-refractivity contribution < 1.29 is 19.0 Å². The molecule has 6 nitrogen and oxygen atoms in total. The second kappa shape index (κ2) is 8.17. The number of methoxy groups -OCH3 is 1. The Labute approximate surface area is 137 Å². The van der Waals surface area contributed by atoms with Gasteiger partial charge in [-0.25, -0.2) is 0 Å². The molecule has 0 saturated carbocycles. The molecule has 0 radical (unpaired) electrons. The molecule has 0 atom stereocenters. The van der Waals surface area contributed by atoms with Gasteiger partial charge >= 0.3 is 0 Å². The normalized spacial score (nSPS) is 16.7. The molecule has 23 heavy (non-hydrogen) atoms. The van der Waals surface area contributed by atoms with E-state index in [0.29, 0.717) is 45.8 Å². The topological polar surface area (TPSA) is 74.0 Å². The maximum Gasteiger partial charge on any atom is 0.230 e. The molecule has 0 bridgehead atoms. The predicted molar refractivity (Wildman–Crippen MR) is 87.7 cm³/mol. The molecular formula is C17H26N2O4. The zero-order chi connectivity index (χ0) is 16.7. The fraction of sp³-hybridized carbons (Fsp3) is 0.588. The van der Waals surface area contributed by atoms with Crippen molar-refractivity contribution in [3.05, 3.63) is 24.3 Å². The smallest absolute Gasteiger partial charge is 0.230 e. The Kier molecular flexibility index (Phi) is 6.24. The highest BCUT2D eigenvalue weighted by Gasteiger charge is 2.40. The van der Waals surface area contributed by atoms with Crippen molar-refractivity contribution in [3.63, 3.8) is 0 Å². The van der Waals surface area contributed by atoms with Crippen LogP contribution in [0.4, 0.5) is 0 Å². The molecule has 0 spiro atoms. The lowest BCUT2D eigenvalue weighted by molar-refractivity contribution is -0.146. The molecule has 128 valence electrons. The lowest BCUT2D eigenvalue weighted by Crippen LogP contribution is -2.50. The maximum absolute atomic E-state index is 12.7. The third kappa shape index (κ3) is 4.36. The Hall–Kier alpha value is -1.79. The van der Waals surface area contributed by atoms with E-state index in [1.807, 2.05) is 24.3 Å². The van der Waals surface area contributed by atoms with E-state index in [9.17, 15) is 4.79 Å². The highest BCUT2D eigenvalue weighted by molar-refractivity contribution is 5.83. The molecule has 1 saturated heterocycles. The van der Waals surface area contributed by atoms with Crippen LogP contribution in [0.2, 0.25) is 0 Å². The molecule has 0 aliphatic carbocycles. The highest BCUT2D eigenvalue weighted by atomic mass is 16.5. The van der Waals surface area contributed by atoms with E-state index in [0.717, 1.165) is 11.5 Å². The molecule has 1 aromatic carbocycles. The van der Waals surface area contributed by atoms with Gasteiger partial charge in [-0.3, -0.25) is 4.79 Å². The number of benzene rings is 1. The molecule has 1 aliphatic heterocycles. The summed E-state index contributed by atoms with van der Waals surface area (Å²) in [5.41, 5.74) is 5.40. The minimum Gasteiger partial charge on any atom is -0.497 e. The Morgan fingerprint density at radius 2 is 1.87 bits per heavy atom. The number of rotatable bonds is 7. The Morgan fingerprint density at radius 3 is 2.43 bits per heavy atom. The van der Waals surface area contributed by atoms with Crippen molar-refractivity contribution in [1.29, 1.82) is 0 Å². The van der Waals surface area contributed by atoms with Crippen molar-refractivity contribution in [1.82, 2.24) is 4.90 Å². The van der Waals surface area contributed by atoms with Gasteiger partial charge in [0.05, 0.1) is 19.1 Å². The maximum atomic E-state index is 12.7. The number of hydrogen-bond acceptors (Lipinski definition) is 5. The van der Waals surface area contributed by atoms with Crippen LogP contribution in [-0.4, -0.2) is 57.9 Å². The van der Waals surface area contributed by atoms with Crippen LogP contribution in [0.25, 0.3) is 0 Å². The second-order valence-corrected chi connectivity index (χ2v) is 5.85. The van der Waals surface area contributed by atoms with Crippen LogP contribution in [0.3, 0.4) is 0 Å². The summed E-state index contributed by atoms with van der Waals surface area (Å²) in [5, 5.41) is 0. The van der Waals surface area contributed by atoms with Crippen LogP contribution >= 0.6 is 0 Å². The quantitative estimate of drug-likeness (QED) is 0.819. The van der Waals surface area contributed by atoms with Crippen molar-refractivity contribution in [2.45, 2.75) is 12.8 Å². The van der Waals surface area contributed by atoms with Gasteiger partial charge in [-0.05, 0) is 37.1 Å². The first-order chi connectivity index (χ1) is 11.1. The molecule has 0 aromatic heterocycles. The van der Waals surface area contributed by atoms with Gasteiger partial charge in [0.2, 0.25) is 5.91 Å². The monoisotopic (exact) mass is 322 g/mol. The Bertz CT molecular complexity index is 498. The molecule has 2 N–H and O–H groups in total. The number of likely N-dealkylation sites (N-methyl/N-ethyl adjacent to an activating group) is 1. The SMILES string of the molecule is COc1ccc(OCCN(C)C(=O)C2(CN)CCOCC2)cc1. The summed E-state index contributed by atoms with van der Waals surface area (Å²) in [6, 6.07) is 7.38. The number of amides is 1. The van der Waals surface area contributed by atoms with Gasteiger partial charge in [0.1, 0.15) is 18.1 Å². The third-order valence-electron chi connectivity index (χ3n) is 4.40. The molecule has 1 amide bonds. The van der Waals surface area contributed by atoms with Gasteiger partial charge in [-0.2, -0.15) is 0 Å². The third-order valence-corrected chi connectivity index (χ3v) is 4.40. The summed E-state index contributed by atoms with van der Waals surface area (Å²) >= 11 is 0. The van der Waals surface area contributed by atoms with Gasteiger partial charge in [-0.1, -0.05) is 0 Å². The first kappa shape index (κ1) is 17.6. The summed E-state index contributed by atoms with van der Waals surface area (Å²) in [4.78, 5) is 14.4. The Morgan fingerprint density at radius 1 is 1.26 bits per heavy atom. The number of hydrogen-bond donors (Lipinski definition) is 1. The average molecular weight is 322 g/mol. The van der Waals surface area contributed by atoms with Gasteiger partial charge in [0, 0.05) is 26.8 Å². The van der Waals surface area contributed by atoms with E-state index in [1.165, 1.54) is 0 Å². The number of ether oxygens (including phenoxy) is 3. The molecule has 0 unspecified atom stereocenters. The average Bonchev–Trinajstić information content (AvgIpc) is 2.62. The molecule has 6 heteroatoms. The van der Waals surface area contributed by atoms with E-state index < -0.39 is 5.41 Å². The summed E-state index contributed by atoms with van der Waals surface area (Å²) in [7, 11) is 3.42. The number of nitrogens with zero attached hydrogens (tertiary/aromatic N) is 1. The summed E-state index contributed by atoms with van der Waals surface area (Å²) in [6.45, 7) is 2.51. The van der Waals surface area contributed by atoms with Gasteiger partial charge in [-0.15, -0.1) is 0 Å². The first-order valence-corrected chi connectivity index (χ1v) is 7.91. The van der Waals surface area contributed by atoms with Crippen LogP contribution in [0.15, 0.2) is 24.3 Å². The Balaban J connectivity index is 1.83. The standard InChI is InChI=1S/C17H26N2O4/c1-19(16(20)17(13-18)7-10-22-11-8-17)9-12-23-15-5-3-14(21-2)4-6-15/h3-6H,7-13,18H2,1-2H3. The van der Waals surface area contributed by atoms with Crippen molar-refractivity contribution >= 4 is 5.91 Å². The molecule has 1 heterocycles. The first-order valence-electron chi connectivity index (χ1n) is 7.91. The van der Waals surface area contributed by atoms with E-state index in [1.54, 1.807) is 19.1 Å². The zero-order valence-electron chi connectivity index (χ0n) is 13.9. The predicted octanol–water partition coefficient (Wildman–Crippen LogP) is 1.29. The van der Waals surface area contributed by atoms with E-state index in [2.05, 4.69) is 0 Å². The minimum absolute atomic E-state index is 0.0848. The van der Waals surface area contributed by atoms with Crippen LogP contribution < -0.4 is 15.2 Å². The van der Waals surface area contributed by atoms with E-state index in [4.69, 9.17) is 19.9 Å². The van der Waals surface area contributed by atoms with Crippen LogP contribution in [0.5, 0.6) is 11.5 Å². The number of nitrogens with two attached hydrogens (primary N) is 1. The van der Waals surface area contributed by atoms with Crippen LogP contribution in [0.1, 0.15) is 12.8 Å². The van der Waals surface area contributed by atoms with Crippen molar-refractivity contribution in [3.8, 4) is 11.5 Å². The number of carbonyl (C=O) groups excluding carboxylic acids is 1. The van der Waals surface area contributed by atoms with Gasteiger partial charge in [0.25, 0.3) is 0 Å². The van der Waals surface area contributed by atoms with Gasteiger partial charge in [0.15, 0.2) is 0 Å². The van der Waals surface area contributed by atoms with Crippen molar-refractivity contribution in [2.24, 2.45) is 11.1 Å². The minimum atomic E-state index is -0.479. The molecule has 2 rings (SSSR count). The number of carbonyl (C=O) groups is 1. The van der Waals surface area contributed by atoms with E-state index in [-0.39, 0.29) is 5.91 Å². The summed E-state index contributed by atoms with van der Waals surface area (Å²) in [6.07, 6.45) is 1.37. The van der Waals surface area contributed by atoms with E-state index >= 15 is 0 Å². The van der Waals surface area contributed by atoms with Crippen LogP contribution in [0, 0.1) is 5.41 Å². The summed E-state index contributed by atoms with van der Waals surface area (Å²) in [5.74, 6) is 1.63. The fourth-order valence-corrected chi connectivity index (χ4v) is 2.75.